The molecule has 0 unspecified atom stereocenters. The van der Waals surface area contributed by atoms with Gasteiger partial charge < -0.3 is 4.74 Å². The van der Waals surface area contributed by atoms with Crippen LogP contribution in [0, 0.1) is 0 Å². The zero-order valence-electron chi connectivity index (χ0n) is 11.5. The Hall–Kier alpha value is -2.25. The van der Waals surface area contributed by atoms with Crippen molar-refractivity contribution in [1.29, 1.82) is 0 Å². The summed E-state index contributed by atoms with van der Waals surface area (Å²) in [5.74, 6) is 0.872. The van der Waals surface area contributed by atoms with Crippen LogP contribution in [0.5, 0.6) is 5.75 Å². The van der Waals surface area contributed by atoms with Gasteiger partial charge in [0.25, 0.3) is 0 Å². The second-order valence-electron chi connectivity index (χ2n) is 4.81. The molecule has 0 amide bonds. The number of benzene rings is 3. The fourth-order valence-electron chi connectivity index (χ4n) is 2.13. The fraction of sp³-hybridized carbons (Fsp3) is 0.0526. The molecule has 0 N–H and O–H groups in total. The van der Waals surface area contributed by atoms with Gasteiger partial charge in [-0.25, -0.2) is 0 Å². The molecule has 0 atom stereocenters. The first-order chi connectivity index (χ1) is 10.3. The Morgan fingerprint density at radius 1 is 0.667 bits per heavy atom. The molecular formula is C19H15ClO. The summed E-state index contributed by atoms with van der Waals surface area (Å²) in [6, 6.07) is 26.1. The molecule has 104 valence electrons. The highest BCUT2D eigenvalue weighted by molar-refractivity contribution is 6.30. The van der Waals surface area contributed by atoms with Crippen LogP contribution in [0.2, 0.25) is 5.02 Å². The summed E-state index contributed by atoms with van der Waals surface area (Å²) in [6.45, 7) is 0.584. The Morgan fingerprint density at radius 3 is 1.86 bits per heavy atom. The van der Waals surface area contributed by atoms with Gasteiger partial charge >= 0.3 is 0 Å². The van der Waals surface area contributed by atoms with E-state index in [1.807, 2.05) is 54.6 Å². The van der Waals surface area contributed by atoms with Crippen LogP contribution in [0.3, 0.4) is 0 Å². The third-order valence-corrected chi connectivity index (χ3v) is 3.53. The van der Waals surface area contributed by atoms with Crippen LogP contribution in [0.15, 0.2) is 78.9 Å². The minimum absolute atomic E-state index is 0.584. The van der Waals surface area contributed by atoms with Crippen LogP contribution < -0.4 is 4.74 Å². The third kappa shape index (κ3) is 3.65. The van der Waals surface area contributed by atoms with E-state index in [1.165, 1.54) is 5.56 Å². The van der Waals surface area contributed by atoms with E-state index in [0.29, 0.717) is 6.61 Å². The standard InChI is InChI=1S/C19H15ClO/c20-18-10-6-16(7-11-18)17-8-12-19(13-9-17)21-14-15-4-2-1-3-5-15/h1-13H,14H2. The molecule has 0 aliphatic rings. The normalized spacial score (nSPS) is 10.3. The number of ether oxygens (including phenoxy) is 1. The molecule has 0 spiro atoms. The van der Waals surface area contributed by atoms with Gasteiger partial charge in [0.1, 0.15) is 12.4 Å². The van der Waals surface area contributed by atoms with Gasteiger partial charge in [0.2, 0.25) is 0 Å². The molecule has 0 bridgehead atoms. The summed E-state index contributed by atoms with van der Waals surface area (Å²) in [6.07, 6.45) is 0. The van der Waals surface area contributed by atoms with Crippen LogP contribution in [0.4, 0.5) is 0 Å². The van der Waals surface area contributed by atoms with Crippen molar-refractivity contribution in [2.75, 3.05) is 0 Å². The van der Waals surface area contributed by atoms with Crippen molar-refractivity contribution in [1.82, 2.24) is 0 Å². The minimum Gasteiger partial charge on any atom is -0.489 e. The summed E-state index contributed by atoms with van der Waals surface area (Å²) < 4.78 is 5.78. The molecule has 3 aromatic carbocycles. The van der Waals surface area contributed by atoms with Crippen LogP contribution in [-0.4, -0.2) is 0 Å². The fourth-order valence-corrected chi connectivity index (χ4v) is 2.25. The highest BCUT2D eigenvalue weighted by Gasteiger charge is 1.99. The summed E-state index contributed by atoms with van der Waals surface area (Å²) in [5, 5.41) is 0.751. The van der Waals surface area contributed by atoms with Gasteiger partial charge in [0.15, 0.2) is 0 Å². The van der Waals surface area contributed by atoms with E-state index in [9.17, 15) is 0 Å². The lowest BCUT2D eigenvalue weighted by Crippen LogP contribution is -1.94. The molecule has 1 nitrogen and oxygen atoms in total. The Morgan fingerprint density at radius 2 is 1.24 bits per heavy atom. The monoisotopic (exact) mass is 294 g/mol. The van der Waals surface area contributed by atoms with E-state index in [0.717, 1.165) is 21.9 Å². The van der Waals surface area contributed by atoms with Crippen LogP contribution in [-0.2, 0) is 6.61 Å². The van der Waals surface area contributed by atoms with Crippen LogP contribution >= 0.6 is 11.6 Å². The van der Waals surface area contributed by atoms with E-state index in [4.69, 9.17) is 16.3 Å². The Bertz CT molecular complexity index is 688. The first-order valence-corrected chi connectivity index (χ1v) is 7.22. The molecule has 3 rings (SSSR count). The Labute approximate surface area is 129 Å². The van der Waals surface area contributed by atoms with E-state index in [2.05, 4.69) is 24.3 Å². The molecule has 0 fully saturated rings. The largest absolute Gasteiger partial charge is 0.489 e. The lowest BCUT2D eigenvalue weighted by Gasteiger charge is -2.07. The highest BCUT2D eigenvalue weighted by atomic mass is 35.5. The SMILES string of the molecule is Clc1ccc(-c2ccc(OCc3ccccc3)cc2)cc1. The van der Waals surface area contributed by atoms with Crippen LogP contribution in [0.25, 0.3) is 11.1 Å². The Kier molecular flexibility index (Phi) is 4.23. The van der Waals surface area contributed by atoms with Gasteiger partial charge in [0.05, 0.1) is 0 Å². The maximum Gasteiger partial charge on any atom is 0.119 e. The molecule has 0 aliphatic carbocycles. The second-order valence-corrected chi connectivity index (χ2v) is 5.24. The molecule has 0 saturated carbocycles. The zero-order chi connectivity index (χ0) is 14.5. The molecule has 0 heterocycles. The van der Waals surface area contributed by atoms with Crippen molar-refractivity contribution >= 4 is 11.6 Å². The van der Waals surface area contributed by atoms with Crippen molar-refractivity contribution in [3.8, 4) is 16.9 Å². The van der Waals surface area contributed by atoms with Crippen molar-refractivity contribution in [2.24, 2.45) is 0 Å². The molecule has 0 aromatic heterocycles. The highest BCUT2D eigenvalue weighted by Crippen LogP contribution is 2.24. The number of hydrogen-bond donors (Lipinski definition) is 0. The van der Waals surface area contributed by atoms with Gasteiger partial charge in [-0.2, -0.15) is 0 Å². The first-order valence-electron chi connectivity index (χ1n) is 6.84. The maximum absolute atomic E-state index is 5.90. The summed E-state index contributed by atoms with van der Waals surface area (Å²) in [4.78, 5) is 0. The van der Waals surface area contributed by atoms with Crippen molar-refractivity contribution < 1.29 is 4.74 Å². The molecule has 3 aromatic rings. The molecule has 2 heteroatoms. The quantitative estimate of drug-likeness (QED) is 0.610. The van der Waals surface area contributed by atoms with Gasteiger partial charge in [-0.3, -0.25) is 0 Å². The molecule has 0 aliphatic heterocycles. The van der Waals surface area contributed by atoms with Gasteiger partial charge in [-0.1, -0.05) is 66.2 Å². The molecule has 0 saturated heterocycles. The smallest absolute Gasteiger partial charge is 0.119 e. The van der Waals surface area contributed by atoms with Gasteiger partial charge in [0, 0.05) is 5.02 Å². The topological polar surface area (TPSA) is 9.23 Å². The maximum atomic E-state index is 5.90. The zero-order valence-corrected chi connectivity index (χ0v) is 12.3. The third-order valence-electron chi connectivity index (χ3n) is 3.28. The average molecular weight is 295 g/mol. The van der Waals surface area contributed by atoms with Crippen molar-refractivity contribution in [3.05, 3.63) is 89.4 Å². The van der Waals surface area contributed by atoms with E-state index in [-0.39, 0.29) is 0 Å². The lowest BCUT2D eigenvalue weighted by atomic mass is 10.1. The Balaban J connectivity index is 1.68. The molecule has 21 heavy (non-hydrogen) atoms. The van der Waals surface area contributed by atoms with E-state index in [1.54, 1.807) is 0 Å². The number of rotatable bonds is 4. The summed E-state index contributed by atoms with van der Waals surface area (Å²) in [5.41, 5.74) is 3.46. The molecular weight excluding hydrogens is 280 g/mol. The number of halogens is 1. The summed E-state index contributed by atoms with van der Waals surface area (Å²) in [7, 11) is 0. The van der Waals surface area contributed by atoms with Crippen molar-refractivity contribution in [2.45, 2.75) is 6.61 Å². The number of hydrogen-bond acceptors (Lipinski definition) is 1. The second kappa shape index (κ2) is 6.47. The average Bonchev–Trinajstić information content (AvgIpc) is 2.55. The lowest BCUT2D eigenvalue weighted by molar-refractivity contribution is 0.306. The first kappa shape index (κ1) is 13.7. The predicted octanol–water partition coefficient (Wildman–Crippen LogP) is 5.59. The predicted molar refractivity (Wildman–Crippen MR) is 87.7 cm³/mol. The van der Waals surface area contributed by atoms with Gasteiger partial charge in [-0.05, 0) is 41.0 Å². The van der Waals surface area contributed by atoms with E-state index < -0.39 is 0 Å². The summed E-state index contributed by atoms with van der Waals surface area (Å²) >= 11 is 5.90. The van der Waals surface area contributed by atoms with Crippen molar-refractivity contribution in [3.63, 3.8) is 0 Å². The van der Waals surface area contributed by atoms with Crippen LogP contribution in [0.1, 0.15) is 5.56 Å². The minimum atomic E-state index is 0.584. The molecule has 0 radical (unpaired) electrons. The van der Waals surface area contributed by atoms with E-state index >= 15 is 0 Å². The van der Waals surface area contributed by atoms with Gasteiger partial charge in [-0.15, -0.1) is 0 Å².